The van der Waals surface area contributed by atoms with Crippen molar-refractivity contribution in [1.82, 2.24) is 10.1 Å². The second-order valence-corrected chi connectivity index (χ2v) is 6.35. The molecule has 2 heterocycles. The molecule has 1 aromatic carbocycles. The molecule has 2 aromatic rings. The summed E-state index contributed by atoms with van der Waals surface area (Å²) in [5, 5.41) is 20.1. The van der Waals surface area contributed by atoms with Gasteiger partial charge in [-0.2, -0.15) is 0 Å². The summed E-state index contributed by atoms with van der Waals surface area (Å²) < 4.78 is 10.5. The first-order valence-electron chi connectivity index (χ1n) is 8.55. The highest BCUT2D eigenvalue weighted by atomic mass is 35.5. The molecule has 1 saturated heterocycles. The van der Waals surface area contributed by atoms with Gasteiger partial charge in [-0.25, -0.2) is 9.59 Å². The number of carboxylic acid groups (broad SMARTS) is 2. The number of hydrogen-bond acceptors (Lipinski definition) is 7. The van der Waals surface area contributed by atoms with Gasteiger partial charge in [-0.15, -0.1) is 0 Å². The quantitative estimate of drug-likeness (QED) is 0.530. The fourth-order valence-corrected chi connectivity index (χ4v) is 2.49. The van der Waals surface area contributed by atoms with E-state index in [0.717, 1.165) is 26.3 Å². The number of carbonyl (C=O) groups excluding carboxylic acids is 1. The van der Waals surface area contributed by atoms with Crippen LogP contribution in [0.5, 0.6) is 0 Å². The Morgan fingerprint density at radius 2 is 1.66 bits per heavy atom. The number of halogens is 1. The fourth-order valence-electron chi connectivity index (χ4n) is 2.37. The molecule has 0 bridgehead atoms. The van der Waals surface area contributed by atoms with E-state index in [-0.39, 0.29) is 5.78 Å². The van der Waals surface area contributed by atoms with E-state index in [2.05, 4.69) is 10.1 Å². The van der Waals surface area contributed by atoms with Gasteiger partial charge in [0.25, 0.3) is 0 Å². The summed E-state index contributed by atoms with van der Waals surface area (Å²) >= 11 is 5.81. The van der Waals surface area contributed by atoms with E-state index in [9.17, 15) is 14.4 Å². The number of benzene rings is 1. The third-order valence-electron chi connectivity index (χ3n) is 3.75. The molecule has 9 nitrogen and oxygen atoms in total. The maximum Gasteiger partial charge on any atom is 0.328 e. The summed E-state index contributed by atoms with van der Waals surface area (Å²) in [6.07, 6.45) is 1.12. The van der Waals surface area contributed by atoms with E-state index in [1.807, 2.05) is 0 Å². The van der Waals surface area contributed by atoms with Gasteiger partial charge < -0.3 is 19.5 Å². The van der Waals surface area contributed by atoms with Crippen molar-refractivity contribution in [3.63, 3.8) is 0 Å². The molecule has 1 fully saturated rings. The van der Waals surface area contributed by atoms with Crippen molar-refractivity contribution in [3.05, 3.63) is 64.5 Å². The van der Waals surface area contributed by atoms with E-state index in [4.69, 9.17) is 31.1 Å². The molecule has 154 valence electrons. The number of ketones is 1. The molecule has 0 radical (unpaired) electrons. The zero-order valence-corrected chi connectivity index (χ0v) is 16.0. The number of aliphatic carboxylic acids is 2. The topological polar surface area (TPSA) is 130 Å². The third kappa shape index (κ3) is 7.86. The highest BCUT2D eigenvalue weighted by Gasteiger charge is 2.17. The average molecular weight is 423 g/mol. The van der Waals surface area contributed by atoms with Crippen molar-refractivity contribution < 1.29 is 33.9 Å². The number of rotatable bonds is 6. The molecule has 0 saturated carbocycles. The molecule has 1 aliphatic rings. The molecule has 3 rings (SSSR count). The first-order chi connectivity index (χ1) is 13.8. The highest BCUT2D eigenvalue weighted by Crippen LogP contribution is 2.15. The number of carboxylic acids is 2. The predicted molar refractivity (Wildman–Crippen MR) is 102 cm³/mol. The van der Waals surface area contributed by atoms with Gasteiger partial charge in [-0.05, 0) is 24.3 Å². The Bertz CT molecular complexity index is 855. The minimum atomic E-state index is -1.26. The summed E-state index contributed by atoms with van der Waals surface area (Å²) in [4.78, 5) is 33.6. The second-order valence-electron chi connectivity index (χ2n) is 5.91. The molecule has 29 heavy (non-hydrogen) atoms. The number of morpholine rings is 1. The first kappa shape index (κ1) is 22.3. The monoisotopic (exact) mass is 422 g/mol. The minimum absolute atomic E-state index is 0.163. The van der Waals surface area contributed by atoms with Crippen molar-refractivity contribution in [2.24, 2.45) is 0 Å². The summed E-state index contributed by atoms with van der Waals surface area (Å²) in [5.41, 5.74) is 0.867. The van der Waals surface area contributed by atoms with Gasteiger partial charge in [0.15, 0.2) is 11.5 Å². The van der Waals surface area contributed by atoms with Gasteiger partial charge in [-0.3, -0.25) is 9.69 Å². The van der Waals surface area contributed by atoms with Gasteiger partial charge in [-0.1, -0.05) is 16.8 Å². The van der Waals surface area contributed by atoms with Crippen molar-refractivity contribution in [2.75, 3.05) is 26.3 Å². The van der Waals surface area contributed by atoms with E-state index in [1.54, 1.807) is 30.3 Å². The van der Waals surface area contributed by atoms with Gasteiger partial charge >= 0.3 is 11.9 Å². The zero-order valence-electron chi connectivity index (χ0n) is 15.3. The lowest BCUT2D eigenvalue weighted by molar-refractivity contribution is -0.134. The summed E-state index contributed by atoms with van der Waals surface area (Å²) in [6.45, 7) is 3.82. The number of nitrogens with zero attached hydrogens (tertiary/aromatic N) is 2. The maximum absolute atomic E-state index is 12.3. The smallest absolute Gasteiger partial charge is 0.328 e. The van der Waals surface area contributed by atoms with Crippen LogP contribution >= 0.6 is 11.6 Å². The van der Waals surface area contributed by atoms with Gasteiger partial charge in [0.2, 0.25) is 5.78 Å². The van der Waals surface area contributed by atoms with Crippen LogP contribution in [0.2, 0.25) is 5.02 Å². The van der Waals surface area contributed by atoms with Crippen LogP contribution in [0.15, 0.2) is 47.0 Å². The molecule has 0 unspecified atom stereocenters. The standard InChI is InChI=1S/C15H15ClN2O3.C4H4O4/c16-12-3-1-11(2-4-12)15(19)14-9-13(21-17-14)10-18-5-7-20-8-6-18;5-3(6)1-2-4(7)8/h1-4,9H,5-8,10H2;1-2H,(H,5,6)(H,7,8). The van der Waals surface area contributed by atoms with Crippen molar-refractivity contribution in [3.8, 4) is 0 Å². The molecule has 0 atom stereocenters. The van der Waals surface area contributed by atoms with Gasteiger partial charge in [0.1, 0.15) is 0 Å². The lowest BCUT2D eigenvalue weighted by Crippen LogP contribution is -2.35. The van der Waals surface area contributed by atoms with Crippen LogP contribution in [0.1, 0.15) is 21.8 Å². The predicted octanol–water partition coefficient (Wildman–Crippen LogP) is 2.10. The lowest BCUT2D eigenvalue weighted by atomic mass is 10.1. The molecule has 10 heteroatoms. The largest absolute Gasteiger partial charge is 0.478 e. The average Bonchev–Trinajstić information content (AvgIpc) is 3.16. The minimum Gasteiger partial charge on any atom is -0.478 e. The molecule has 0 spiro atoms. The maximum atomic E-state index is 12.3. The Hall–Kier alpha value is -3.01. The van der Waals surface area contributed by atoms with E-state index >= 15 is 0 Å². The van der Waals surface area contributed by atoms with Gasteiger partial charge in [0.05, 0.1) is 19.8 Å². The van der Waals surface area contributed by atoms with Crippen molar-refractivity contribution >= 4 is 29.3 Å². The van der Waals surface area contributed by atoms with Crippen molar-refractivity contribution in [2.45, 2.75) is 6.54 Å². The van der Waals surface area contributed by atoms with Crippen LogP contribution in [0, 0.1) is 0 Å². The number of hydrogen-bond donors (Lipinski definition) is 2. The molecule has 1 aromatic heterocycles. The van der Waals surface area contributed by atoms with Crippen LogP contribution < -0.4 is 0 Å². The van der Waals surface area contributed by atoms with Gasteiger partial charge in [0, 0.05) is 41.9 Å². The Balaban J connectivity index is 0.000000321. The number of ether oxygens (including phenoxy) is 1. The van der Waals surface area contributed by atoms with E-state index < -0.39 is 11.9 Å². The van der Waals surface area contributed by atoms with Crippen molar-refractivity contribution in [1.29, 1.82) is 0 Å². The third-order valence-corrected chi connectivity index (χ3v) is 4.00. The van der Waals surface area contributed by atoms with E-state index in [1.165, 1.54) is 0 Å². The second kappa shape index (κ2) is 11.1. The first-order valence-corrected chi connectivity index (χ1v) is 8.93. The molecule has 0 aliphatic carbocycles. The van der Waals surface area contributed by atoms with Crippen LogP contribution in [0.25, 0.3) is 0 Å². The Kier molecular flexibility index (Phi) is 8.53. The molecule has 0 amide bonds. The lowest BCUT2D eigenvalue weighted by Gasteiger charge is -2.25. The molecule has 1 aliphatic heterocycles. The van der Waals surface area contributed by atoms with Crippen LogP contribution in [0.3, 0.4) is 0 Å². The number of aromatic nitrogens is 1. The summed E-state index contributed by atoms with van der Waals surface area (Å²) in [6, 6.07) is 8.43. The number of carbonyl (C=O) groups is 3. The van der Waals surface area contributed by atoms with E-state index in [0.29, 0.717) is 40.7 Å². The Labute approximate surface area is 171 Å². The molecule has 2 N–H and O–H groups in total. The highest BCUT2D eigenvalue weighted by molar-refractivity contribution is 6.30. The molecular formula is C19H19ClN2O7. The van der Waals surface area contributed by atoms with Crippen LogP contribution in [-0.4, -0.2) is 64.3 Å². The van der Waals surface area contributed by atoms with Crippen LogP contribution in [-0.2, 0) is 20.9 Å². The summed E-state index contributed by atoms with van der Waals surface area (Å²) in [7, 11) is 0. The van der Waals surface area contributed by atoms with Crippen LogP contribution in [0.4, 0.5) is 0 Å². The SMILES string of the molecule is O=C(O)C=CC(=O)O.O=C(c1ccc(Cl)cc1)c1cc(CN2CCOCC2)on1. The fraction of sp³-hybridized carbons (Fsp3) is 0.263. The zero-order chi connectivity index (χ0) is 21.2. The Morgan fingerprint density at radius 3 is 2.21 bits per heavy atom. The summed E-state index contributed by atoms with van der Waals surface area (Å²) in [5.74, 6) is -1.99. The normalized spacial score (nSPS) is 14.2. The molecular weight excluding hydrogens is 404 g/mol. The Morgan fingerprint density at radius 1 is 1.07 bits per heavy atom.